The molecule has 0 spiro atoms. The molecule has 0 unspecified atom stereocenters. The van der Waals surface area contributed by atoms with Crippen LogP contribution in [-0.2, 0) is 0 Å². The molecule has 1 aromatic carbocycles. The van der Waals surface area contributed by atoms with Gasteiger partial charge in [-0.25, -0.2) is 9.59 Å². The highest BCUT2D eigenvalue weighted by atomic mass is 79.9. The second-order valence-corrected chi connectivity index (χ2v) is 5.88. The first-order chi connectivity index (χ1) is 9.99. The summed E-state index contributed by atoms with van der Waals surface area (Å²) in [6.45, 7) is 1.83. The van der Waals surface area contributed by atoms with Crippen LogP contribution in [0.5, 0.6) is 0 Å². The smallest absolute Gasteiger partial charge is 0.335 e. The van der Waals surface area contributed by atoms with Gasteiger partial charge in [-0.05, 0) is 60.1 Å². The number of carboxylic acid groups (broad SMARTS) is 1. The minimum Gasteiger partial charge on any atom is -0.478 e. The fourth-order valence-corrected chi connectivity index (χ4v) is 2.79. The minimum atomic E-state index is -1.000. The van der Waals surface area contributed by atoms with E-state index in [0.29, 0.717) is 10.2 Å². The molecule has 1 aliphatic heterocycles. The number of anilines is 1. The monoisotopic (exact) mass is 355 g/mol. The summed E-state index contributed by atoms with van der Waals surface area (Å²) < 4.78 is 0.550. The van der Waals surface area contributed by atoms with Crippen LogP contribution in [-0.4, -0.2) is 48.2 Å². The number of carbonyl (C=O) groups excluding carboxylic acids is 1. The Balaban J connectivity index is 2.03. The largest absolute Gasteiger partial charge is 0.478 e. The Hall–Kier alpha value is -1.60. The molecule has 2 amide bonds. The standard InChI is InChI=1S/C14H18BrN3O3/c1-18(10-4-6-16-7-5-10)14(21)17-12-3-2-9(13(19)20)8-11(12)15/h2-3,8,10,16H,4-7H2,1H3,(H,17,21)(H,19,20). The molecule has 7 heteroatoms. The fourth-order valence-electron chi connectivity index (χ4n) is 2.31. The first-order valence-corrected chi connectivity index (χ1v) is 7.55. The summed E-state index contributed by atoms with van der Waals surface area (Å²) in [5.74, 6) is -1.000. The molecule has 1 fully saturated rings. The number of amides is 2. The van der Waals surface area contributed by atoms with E-state index in [-0.39, 0.29) is 17.6 Å². The molecule has 1 heterocycles. The van der Waals surface area contributed by atoms with Crippen LogP contribution in [0.4, 0.5) is 10.5 Å². The molecule has 0 aromatic heterocycles. The maximum atomic E-state index is 12.2. The van der Waals surface area contributed by atoms with Crippen molar-refractivity contribution in [3.05, 3.63) is 28.2 Å². The van der Waals surface area contributed by atoms with E-state index < -0.39 is 5.97 Å². The van der Waals surface area contributed by atoms with Gasteiger partial charge in [0.05, 0.1) is 11.3 Å². The molecule has 0 bridgehead atoms. The number of carbonyl (C=O) groups is 2. The molecule has 0 atom stereocenters. The molecule has 0 aliphatic carbocycles. The van der Waals surface area contributed by atoms with E-state index in [0.717, 1.165) is 25.9 Å². The van der Waals surface area contributed by atoms with Crippen LogP contribution in [0, 0.1) is 0 Å². The zero-order valence-corrected chi connectivity index (χ0v) is 13.3. The Morgan fingerprint density at radius 2 is 2.05 bits per heavy atom. The van der Waals surface area contributed by atoms with Crippen molar-refractivity contribution in [1.82, 2.24) is 10.2 Å². The van der Waals surface area contributed by atoms with Gasteiger partial charge in [0.1, 0.15) is 0 Å². The van der Waals surface area contributed by atoms with E-state index in [4.69, 9.17) is 5.11 Å². The van der Waals surface area contributed by atoms with Gasteiger partial charge in [0, 0.05) is 17.6 Å². The normalized spacial score (nSPS) is 15.5. The summed E-state index contributed by atoms with van der Waals surface area (Å²) >= 11 is 3.28. The van der Waals surface area contributed by atoms with Crippen molar-refractivity contribution in [2.24, 2.45) is 0 Å². The van der Waals surface area contributed by atoms with Crippen molar-refractivity contribution in [1.29, 1.82) is 0 Å². The van der Waals surface area contributed by atoms with Gasteiger partial charge in [-0.15, -0.1) is 0 Å². The van der Waals surface area contributed by atoms with Gasteiger partial charge in [-0.1, -0.05) is 0 Å². The van der Waals surface area contributed by atoms with Crippen molar-refractivity contribution >= 4 is 33.6 Å². The van der Waals surface area contributed by atoms with Gasteiger partial charge in [-0.2, -0.15) is 0 Å². The van der Waals surface area contributed by atoms with Gasteiger partial charge >= 0.3 is 12.0 Å². The number of aromatic carboxylic acids is 1. The number of halogens is 1. The van der Waals surface area contributed by atoms with Gasteiger partial charge in [0.25, 0.3) is 0 Å². The predicted octanol–water partition coefficient (Wildman–Crippen LogP) is 2.36. The SMILES string of the molecule is CN(C(=O)Nc1ccc(C(=O)O)cc1Br)C1CCNCC1. The van der Waals surface area contributed by atoms with Gasteiger partial charge in [0.15, 0.2) is 0 Å². The summed E-state index contributed by atoms with van der Waals surface area (Å²) in [5.41, 5.74) is 0.734. The Kier molecular flexibility index (Phi) is 5.19. The zero-order chi connectivity index (χ0) is 15.4. The van der Waals surface area contributed by atoms with Crippen molar-refractivity contribution in [3.8, 4) is 0 Å². The number of carboxylic acids is 1. The van der Waals surface area contributed by atoms with E-state index >= 15 is 0 Å². The van der Waals surface area contributed by atoms with E-state index in [1.165, 1.54) is 12.1 Å². The van der Waals surface area contributed by atoms with Crippen LogP contribution >= 0.6 is 15.9 Å². The highest BCUT2D eigenvalue weighted by molar-refractivity contribution is 9.10. The van der Waals surface area contributed by atoms with E-state index in [1.54, 1.807) is 18.0 Å². The molecule has 2 rings (SSSR count). The number of nitrogens with one attached hydrogen (secondary N) is 2. The molecule has 0 radical (unpaired) electrons. The lowest BCUT2D eigenvalue weighted by Crippen LogP contribution is -2.45. The number of rotatable bonds is 3. The second-order valence-electron chi connectivity index (χ2n) is 5.02. The van der Waals surface area contributed by atoms with Crippen molar-refractivity contribution in [2.75, 3.05) is 25.5 Å². The fraction of sp³-hybridized carbons (Fsp3) is 0.429. The average molecular weight is 356 g/mol. The molecule has 0 saturated carbocycles. The van der Waals surface area contributed by atoms with E-state index in [2.05, 4.69) is 26.6 Å². The number of benzene rings is 1. The summed E-state index contributed by atoms with van der Waals surface area (Å²) in [7, 11) is 1.78. The highest BCUT2D eigenvalue weighted by Crippen LogP contribution is 2.24. The van der Waals surface area contributed by atoms with Crippen LogP contribution < -0.4 is 10.6 Å². The summed E-state index contributed by atoms with van der Waals surface area (Å²) in [4.78, 5) is 24.8. The van der Waals surface area contributed by atoms with Crippen molar-refractivity contribution in [2.45, 2.75) is 18.9 Å². The predicted molar refractivity (Wildman–Crippen MR) is 83.8 cm³/mol. The molecule has 6 nitrogen and oxygen atoms in total. The van der Waals surface area contributed by atoms with Crippen LogP contribution in [0.3, 0.4) is 0 Å². The Morgan fingerprint density at radius 1 is 1.38 bits per heavy atom. The number of piperidine rings is 1. The second kappa shape index (κ2) is 6.91. The summed E-state index contributed by atoms with van der Waals surface area (Å²) in [6, 6.07) is 4.56. The van der Waals surface area contributed by atoms with Gasteiger partial charge in [-0.3, -0.25) is 0 Å². The molecule has 1 saturated heterocycles. The zero-order valence-electron chi connectivity index (χ0n) is 11.7. The maximum absolute atomic E-state index is 12.2. The lowest BCUT2D eigenvalue weighted by atomic mass is 10.1. The molecular formula is C14H18BrN3O3. The topological polar surface area (TPSA) is 81.7 Å². The average Bonchev–Trinajstić information content (AvgIpc) is 2.49. The van der Waals surface area contributed by atoms with Crippen LogP contribution in [0.1, 0.15) is 23.2 Å². The Bertz CT molecular complexity index is 544. The first-order valence-electron chi connectivity index (χ1n) is 6.76. The summed E-state index contributed by atoms with van der Waals surface area (Å²) in [6.07, 6.45) is 1.87. The molecule has 1 aromatic rings. The minimum absolute atomic E-state index is 0.173. The van der Waals surface area contributed by atoms with E-state index in [9.17, 15) is 9.59 Å². The third kappa shape index (κ3) is 3.95. The number of urea groups is 1. The molecule has 3 N–H and O–H groups in total. The van der Waals surface area contributed by atoms with Crippen LogP contribution in [0.15, 0.2) is 22.7 Å². The molecule has 1 aliphatic rings. The molecular weight excluding hydrogens is 338 g/mol. The molecule has 114 valence electrons. The number of hydrogen-bond acceptors (Lipinski definition) is 3. The van der Waals surface area contributed by atoms with Crippen LogP contribution in [0.2, 0.25) is 0 Å². The van der Waals surface area contributed by atoms with Crippen molar-refractivity contribution < 1.29 is 14.7 Å². The Labute approximate surface area is 131 Å². The molecule has 21 heavy (non-hydrogen) atoms. The Morgan fingerprint density at radius 3 is 2.62 bits per heavy atom. The highest BCUT2D eigenvalue weighted by Gasteiger charge is 2.22. The lowest BCUT2D eigenvalue weighted by molar-refractivity contribution is 0.0697. The lowest BCUT2D eigenvalue weighted by Gasteiger charge is -2.31. The third-order valence-electron chi connectivity index (χ3n) is 3.63. The third-order valence-corrected chi connectivity index (χ3v) is 4.29. The van der Waals surface area contributed by atoms with Gasteiger partial charge < -0.3 is 20.6 Å². The number of hydrogen-bond donors (Lipinski definition) is 3. The van der Waals surface area contributed by atoms with Gasteiger partial charge in [0.2, 0.25) is 0 Å². The van der Waals surface area contributed by atoms with E-state index in [1.807, 2.05) is 0 Å². The quantitative estimate of drug-likeness (QED) is 0.777. The first kappa shape index (κ1) is 15.8. The maximum Gasteiger partial charge on any atom is 0.335 e. The summed E-state index contributed by atoms with van der Waals surface area (Å²) in [5, 5.41) is 15.0. The number of nitrogens with zero attached hydrogens (tertiary/aromatic N) is 1. The van der Waals surface area contributed by atoms with Crippen LogP contribution in [0.25, 0.3) is 0 Å². The van der Waals surface area contributed by atoms with Crippen molar-refractivity contribution in [3.63, 3.8) is 0 Å².